The second kappa shape index (κ2) is 8.19. The summed E-state index contributed by atoms with van der Waals surface area (Å²) in [6, 6.07) is 8.23. The van der Waals surface area contributed by atoms with Crippen molar-refractivity contribution in [3.05, 3.63) is 62.6 Å². The predicted molar refractivity (Wildman–Crippen MR) is 106 cm³/mol. The van der Waals surface area contributed by atoms with E-state index in [4.69, 9.17) is 0 Å². The molecule has 0 spiro atoms. The van der Waals surface area contributed by atoms with E-state index in [1.54, 1.807) is 6.92 Å². The van der Waals surface area contributed by atoms with Gasteiger partial charge in [-0.2, -0.15) is 0 Å². The highest BCUT2D eigenvalue weighted by Gasteiger charge is 2.24. The number of nitro groups is 1. The van der Waals surface area contributed by atoms with E-state index in [9.17, 15) is 24.5 Å². The number of pyridine rings is 1. The van der Waals surface area contributed by atoms with Crippen molar-refractivity contribution in [2.24, 2.45) is 0 Å². The van der Waals surface area contributed by atoms with Gasteiger partial charge in [0.1, 0.15) is 6.54 Å². The molecule has 1 aromatic carbocycles. The molecule has 0 saturated heterocycles. The van der Waals surface area contributed by atoms with Gasteiger partial charge in [-0.1, -0.05) is 23.5 Å². The smallest absolute Gasteiger partial charge is 0.339 e. The normalized spacial score (nSPS) is 10.7. The molecule has 3 rings (SSSR count). The molecule has 10 nitrogen and oxygen atoms in total. The maximum Gasteiger partial charge on any atom is 0.339 e. The van der Waals surface area contributed by atoms with Crippen LogP contribution in [0.4, 0.5) is 10.8 Å². The van der Waals surface area contributed by atoms with Crippen LogP contribution in [0.5, 0.6) is 0 Å². The van der Waals surface area contributed by atoms with E-state index in [1.165, 1.54) is 16.2 Å². The molecule has 0 radical (unpaired) electrons. The summed E-state index contributed by atoms with van der Waals surface area (Å²) in [6.07, 6.45) is 1.07. The first-order valence-corrected chi connectivity index (χ1v) is 9.30. The molecule has 0 aliphatic carbocycles. The number of aromatic nitrogens is 2. The number of thiazole rings is 1. The van der Waals surface area contributed by atoms with Crippen molar-refractivity contribution < 1.29 is 19.2 Å². The van der Waals surface area contributed by atoms with Gasteiger partial charge in [0.15, 0.2) is 5.13 Å². The maximum atomic E-state index is 12.9. The molecule has 11 heteroatoms. The number of rotatable bonds is 6. The number of likely N-dealkylation sites (N-methyl/N-ethyl adjacent to an activating group) is 1. The highest BCUT2D eigenvalue weighted by Crippen LogP contribution is 2.28. The van der Waals surface area contributed by atoms with Crippen LogP contribution in [0.3, 0.4) is 0 Å². The molecule has 29 heavy (non-hydrogen) atoms. The highest BCUT2D eigenvalue weighted by molar-refractivity contribution is 7.22. The van der Waals surface area contributed by atoms with Gasteiger partial charge in [0.05, 0.1) is 27.8 Å². The van der Waals surface area contributed by atoms with Crippen molar-refractivity contribution in [2.45, 2.75) is 13.5 Å². The molecule has 1 amide bonds. The Bertz CT molecular complexity index is 1140. The molecule has 150 valence electrons. The number of anilines is 1. The Balaban J connectivity index is 1.97. The Labute approximate surface area is 168 Å². The van der Waals surface area contributed by atoms with Crippen molar-refractivity contribution in [1.82, 2.24) is 9.55 Å². The Morgan fingerprint density at radius 2 is 2.07 bits per heavy atom. The van der Waals surface area contributed by atoms with Crippen molar-refractivity contribution >= 4 is 44.2 Å². The summed E-state index contributed by atoms with van der Waals surface area (Å²) < 4.78 is 6.30. The van der Waals surface area contributed by atoms with E-state index in [0.717, 1.165) is 34.2 Å². The third kappa shape index (κ3) is 3.99. The van der Waals surface area contributed by atoms with Crippen molar-refractivity contribution in [2.75, 3.05) is 18.6 Å². The number of hydrogen-bond acceptors (Lipinski definition) is 8. The van der Waals surface area contributed by atoms with E-state index in [2.05, 4.69) is 9.72 Å². The lowest BCUT2D eigenvalue weighted by molar-refractivity contribution is -0.386. The number of carbonyl (C=O) groups excluding carboxylic acids is 2. The van der Waals surface area contributed by atoms with Gasteiger partial charge >= 0.3 is 17.2 Å². The number of para-hydroxylation sites is 1. The van der Waals surface area contributed by atoms with E-state index in [-0.39, 0.29) is 12.1 Å². The fraction of sp³-hybridized carbons (Fsp3) is 0.222. The van der Waals surface area contributed by atoms with Crippen LogP contribution in [0.25, 0.3) is 10.2 Å². The number of carbonyl (C=O) groups is 2. The third-order valence-electron chi connectivity index (χ3n) is 4.12. The molecule has 0 N–H and O–H groups in total. The first-order chi connectivity index (χ1) is 13.8. The Morgan fingerprint density at radius 1 is 1.34 bits per heavy atom. The number of amides is 1. The van der Waals surface area contributed by atoms with Gasteiger partial charge in [-0.05, 0) is 19.1 Å². The lowest BCUT2D eigenvalue weighted by Crippen LogP contribution is -2.37. The van der Waals surface area contributed by atoms with Crippen LogP contribution in [-0.2, 0) is 16.1 Å². The number of nitrogens with zero attached hydrogens (tertiary/aromatic N) is 4. The molecule has 0 atom stereocenters. The minimum absolute atomic E-state index is 0.199. The van der Waals surface area contributed by atoms with Gasteiger partial charge in [0, 0.05) is 18.8 Å². The summed E-state index contributed by atoms with van der Waals surface area (Å²) in [4.78, 5) is 53.1. The second-order valence-corrected chi connectivity index (χ2v) is 6.91. The fourth-order valence-corrected chi connectivity index (χ4v) is 3.77. The molecule has 0 unspecified atom stereocenters. The van der Waals surface area contributed by atoms with E-state index >= 15 is 0 Å². The summed E-state index contributed by atoms with van der Waals surface area (Å²) >= 11 is 1.32. The highest BCUT2D eigenvalue weighted by atomic mass is 32.1. The summed E-state index contributed by atoms with van der Waals surface area (Å²) in [5.74, 6) is -1.35. The largest absolute Gasteiger partial charge is 0.465 e. The molecule has 0 fully saturated rings. The fourth-order valence-electron chi connectivity index (χ4n) is 2.72. The van der Waals surface area contributed by atoms with Crippen molar-refractivity contribution in [1.29, 1.82) is 0 Å². The first-order valence-electron chi connectivity index (χ1n) is 8.48. The Hall–Kier alpha value is -3.60. The first kappa shape index (κ1) is 20.1. The van der Waals surface area contributed by atoms with Gasteiger partial charge in [0.25, 0.3) is 0 Å². The van der Waals surface area contributed by atoms with Gasteiger partial charge in [-0.25, -0.2) is 9.78 Å². The van der Waals surface area contributed by atoms with Gasteiger partial charge in [-0.3, -0.25) is 29.2 Å². The molecule has 0 saturated carbocycles. The lowest BCUT2D eigenvalue weighted by atomic mass is 10.2. The summed E-state index contributed by atoms with van der Waals surface area (Å²) in [6.45, 7) is 1.54. The average Bonchev–Trinajstić information content (AvgIpc) is 3.12. The zero-order chi connectivity index (χ0) is 21.1. The minimum Gasteiger partial charge on any atom is -0.465 e. The van der Waals surface area contributed by atoms with Crippen LogP contribution >= 0.6 is 11.3 Å². The molecule has 0 aliphatic heterocycles. The second-order valence-electron chi connectivity index (χ2n) is 5.90. The van der Waals surface area contributed by atoms with Crippen LogP contribution in [0.2, 0.25) is 0 Å². The number of hydrogen-bond donors (Lipinski definition) is 0. The van der Waals surface area contributed by atoms with Crippen LogP contribution < -0.4 is 10.5 Å². The zero-order valence-corrected chi connectivity index (χ0v) is 16.3. The van der Waals surface area contributed by atoms with Crippen LogP contribution in [0.15, 0.2) is 41.3 Å². The molecule has 0 aliphatic rings. The Kier molecular flexibility index (Phi) is 5.69. The average molecular weight is 416 g/mol. The molecular weight excluding hydrogens is 400 g/mol. The summed E-state index contributed by atoms with van der Waals surface area (Å²) in [7, 11) is 1.11. The van der Waals surface area contributed by atoms with E-state index in [1.807, 2.05) is 24.3 Å². The Morgan fingerprint density at radius 3 is 2.69 bits per heavy atom. The molecule has 2 heterocycles. The number of ether oxygens (including phenoxy) is 1. The van der Waals surface area contributed by atoms with Crippen molar-refractivity contribution in [3.8, 4) is 0 Å². The van der Waals surface area contributed by atoms with Crippen LogP contribution in [-0.4, -0.2) is 40.0 Å². The minimum atomic E-state index is -0.989. The molecular formula is C18H16N4O6S. The van der Waals surface area contributed by atoms with E-state index < -0.39 is 34.6 Å². The monoisotopic (exact) mass is 416 g/mol. The SMILES string of the molecule is CCN(C(=O)Cn1cc(C(=O)OC)cc([N+](=O)[O-])c1=O)c1nc2ccccc2s1. The van der Waals surface area contributed by atoms with Gasteiger partial charge in [-0.15, -0.1) is 0 Å². The van der Waals surface area contributed by atoms with Crippen LogP contribution in [0, 0.1) is 10.1 Å². The predicted octanol–water partition coefficient (Wildman–Crippen LogP) is 2.21. The standard InChI is InChI=1S/C18H16N4O6S/c1-3-21(18-19-12-6-4-5-7-14(12)29-18)15(23)10-20-9-11(17(25)28-2)8-13(16(20)24)22(26)27/h4-9H,3,10H2,1-2H3. The maximum absolute atomic E-state index is 12.9. The quantitative estimate of drug-likeness (QED) is 0.343. The number of fused-ring (bicyclic) bond motifs is 1. The topological polar surface area (TPSA) is 125 Å². The summed E-state index contributed by atoms with van der Waals surface area (Å²) in [5, 5.41) is 11.6. The molecule has 3 aromatic rings. The van der Waals surface area contributed by atoms with Crippen molar-refractivity contribution in [3.63, 3.8) is 0 Å². The van der Waals surface area contributed by atoms with Gasteiger partial charge < -0.3 is 4.74 Å². The summed E-state index contributed by atoms with van der Waals surface area (Å²) in [5.41, 5.74) is -1.27. The third-order valence-corrected chi connectivity index (χ3v) is 5.18. The van der Waals surface area contributed by atoms with Gasteiger partial charge in [0.2, 0.25) is 5.91 Å². The number of esters is 1. The number of methoxy groups -OCH3 is 1. The van der Waals surface area contributed by atoms with E-state index in [0.29, 0.717) is 5.13 Å². The number of benzene rings is 1. The van der Waals surface area contributed by atoms with Crippen LogP contribution in [0.1, 0.15) is 17.3 Å². The zero-order valence-electron chi connectivity index (χ0n) is 15.5. The molecule has 2 aromatic heterocycles. The lowest BCUT2D eigenvalue weighted by Gasteiger charge is -2.18. The molecule has 0 bridgehead atoms.